The van der Waals surface area contributed by atoms with Crippen molar-refractivity contribution in [2.45, 2.75) is 6.54 Å². The summed E-state index contributed by atoms with van der Waals surface area (Å²) in [6, 6.07) is 8.73. The summed E-state index contributed by atoms with van der Waals surface area (Å²) in [7, 11) is 3.12. The first-order chi connectivity index (χ1) is 11.6. The van der Waals surface area contributed by atoms with E-state index >= 15 is 0 Å². The summed E-state index contributed by atoms with van der Waals surface area (Å²) < 4.78 is 11.6. The molecule has 0 unspecified atom stereocenters. The van der Waals surface area contributed by atoms with Crippen LogP contribution in [0.3, 0.4) is 0 Å². The van der Waals surface area contributed by atoms with E-state index in [1.165, 1.54) is 10.6 Å². The molecule has 5 heteroatoms. The van der Waals surface area contributed by atoms with Crippen LogP contribution in [0.5, 0.6) is 5.88 Å². The van der Waals surface area contributed by atoms with Crippen molar-refractivity contribution in [2.75, 3.05) is 20.8 Å². The standard InChI is InChI=1S/C19H21NO4/c1-4-7-14(10-16(24-3)13-23-2)12-20-18(21)11-15-8-5-6-9-17(15)19(20)22/h4-11,22H,1,12-13H2,2-3H3. The highest BCUT2D eigenvalue weighted by Gasteiger charge is 2.10. The van der Waals surface area contributed by atoms with Gasteiger partial charge in [-0.05, 0) is 23.1 Å². The van der Waals surface area contributed by atoms with E-state index < -0.39 is 0 Å². The summed E-state index contributed by atoms with van der Waals surface area (Å²) in [5.41, 5.74) is 0.479. The van der Waals surface area contributed by atoms with Gasteiger partial charge in [-0.3, -0.25) is 9.36 Å². The third-order valence-corrected chi connectivity index (χ3v) is 3.57. The van der Waals surface area contributed by atoms with E-state index in [-0.39, 0.29) is 18.0 Å². The number of methoxy groups -OCH3 is 2. The van der Waals surface area contributed by atoms with Crippen molar-refractivity contribution >= 4 is 10.8 Å². The van der Waals surface area contributed by atoms with Crippen molar-refractivity contribution in [1.29, 1.82) is 0 Å². The Morgan fingerprint density at radius 2 is 2.08 bits per heavy atom. The minimum atomic E-state index is -0.278. The summed E-state index contributed by atoms with van der Waals surface area (Å²) in [6.45, 7) is 4.19. The van der Waals surface area contributed by atoms with E-state index in [4.69, 9.17) is 9.47 Å². The molecule has 0 aliphatic heterocycles. The number of hydrogen-bond acceptors (Lipinski definition) is 4. The fraction of sp³-hybridized carbons (Fsp3) is 0.211. The summed E-state index contributed by atoms with van der Waals surface area (Å²) in [6.07, 6.45) is 5.15. The minimum absolute atomic E-state index is 0.0628. The monoisotopic (exact) mass is 327 g/mol. The van der Waals surface area contributed by atoms with Crippen LogP contribution < -0.4 is 5.56 Å². The minimum Gasteiger partial charge on any atom is -0.499 e. The van der Waals surface area contributed by atoms with Crippen LogP contribution in [0.25, 0.3) is 10.8 Å². The number of benzene rings is 1. The second kappa shape index (κ2) is 8.17. The number of pyridine rings is 1. The second-order valence-electron chi connectivity index (χ2n) is 5.20. The Hall–Kier alpha value is -2.79. The molecule has 5 nitrogen and oxygen atoms in total. The fourth-order valence-corrected chi connectivity index (χ4v) is 2.43. The molecule has 0 atom stereocenters. The maximum absolute atomic E-state index is 12.3. The van der Waals surface area contributed by atoms with E-state index in [9.17, 15) is 9.90 Å². The maximum atomic E-state index is 12.3. The molecular weight excluding hydrogens is 306 g/mol. The van der Waals surface area contributed by atoms with Gasteiger partial charge in [0.15, 0.2) is 0 Å². The molecule has 0 radical (unpaired) electrons. The van der Waals surface area contributed by atoms with Gasteiger partial charge in [-0.25, -0.2) is 0 Å². The molecule has 1 aromatic carbocycles. The Bertz CT molecular complexity index is 846. The van der Waals surface area contributed by atoms with Gasteiger partial charge in [0.05, 0.1) is 13.7 Å². The molecule has 0 amide bonds. The SMILES string of the molecule is C=CC=C(C=C(COC)OC)Cn1c(O)c2ccccc2cc1=O. The molecule has 0 aliphatic rings. The van der Waals surface area contributed by atoms with E-state index in [0.29, 0.717) is 23.1 Å². The molecule has 1 N–H and O–H groups in total. The highest BCUT2D eigenvalue weighted by atomic mass is 16.5. The predicted octanol–water partition coefficient (Wildman–Crippen LogP) is 3.00. The average molecular weight is 327 g/mol. The van der Waals surface area contributed by atoms with E-state index in [1.807, 2.05) is 12.1 Å². The molecule has 24 heavy (non-hydrogen) atoms. The highest BCUT2D eigenvalue weighted by molar-refractivity contribution is 5.86. The van der Waals surface area contributed by atoms with Crippen LogP contribution in [-0.2, 0) is 16.0 Å². The number of aromatic hydroxyl groups is 1. The second-order valence-corrected chi connectivity index (χ2v) is 5.20. The van der Waals surface area contributed by atoms with Gasteiger partial charge < -0.3 is 14.6 Å². The van der Waals surface area contributed by atoms with Crippen molar-refractivity contribution in [3.05, 3.63) is 76.8 Å². The summed E-state index contributed by atoms with van der Waals surface area (Å²) in [5, 5.41) is 11.8. The molecule has 1 aromatic heterocycles. The largest absolute Gasteiger partial charge is 0.499 e. The molecule has 2 aromatic rings. The number of fused-ring (bicyclic) bond motifs is 1. The molecule has 2 rings (SSSR count). The number of allylic oxidation sites excluding steroid dienone is 4. The highest BCUT2D eigenvalue weighted by Crippen LogP contribution is 2.23. The molecule has 0 spiro atoms. The van der Waals surface area contributed by atoms with Gasteiger partial charge >= 0.3 is 0 Å². The van der Waals surface area contributed by atoms with Crippen LogP contribution in [0, 0.1) is 0 Å². The number of hydrogen-bond donors (Lipinski definition) is 1. The first-order valence-electron chi connectivity index (χ1n) is 7.47. The summed E-state index contributed by atoms with van der Waals surface area (Å²) >= 11 is 0. The van der Waals surface area contributed by atoms with Gasteiger partial charge in [-0.1, -0.05) is 36.9 Å². The molecule has 1 heterocycles. The lowest BCUT2D eigenvalue weighted by molar-refractivity contribution is 0.159. The van der Waals surface area contributed by atoms with Gasteiger partial charge in [0.2, 0.25) is 5.88 Å². The van der Waals surface area contributed by atoms with E-state index in [1.54, 1.807) is 44.6 Å². The van der Waals surface area contributed by atoms with Crippen molar-refractivity contribution in [2.24, 2.45) is 0 Å². The Morgan fingerprint density at radius 3 is 2.75 bits per heavy atom. The van der Waals surface area contributed by atoms with Gasteiger partial charge in [0.1, 0.15) is 12.4 Å². The molecular formula is C19H21NO4. The lowest BCUT2D eigenvalue weighted by Gasteiger charge is -2.12. The van der Waals surface area contributed by atoms with Crippen LogP contribution in [0.2, 0.25) is 0 Å². The van der Waals surface area contributed by atoms with E-state index in [0.717, 1.165) is 5.57 Å². The summed E-state index contributed by atoms with van der Waals surface area (Å²) in [5.74, 6) is 0.547. The normalized spacial score (nSPS) is 12.4. The number of rotatable bonds is 7. The number of aromatic nitrogens is 1. The van der Waals surface area contributed by atoms with Crippen LogP contribution >= 0.6 is 0 Å². The number of ether oxygens (including phenoxy) is 2. The average Bonchev–Trinajstić information content (AvgIpc) is 2.58. The molecule has 0 saturated carbocycles. The van der Waals surface area contributed by atoms with Gasteiger partial charge in [-0.15, -0.1) is 0 Å². The van der Waals surface area contributed by atoms with E-state index in [2.05, 4.69) is 6.58 Å². The zero-order valence-corrected chi connectivity index (χ0v) is 13.9. The van der Waals surface area contributed by atoms with Crippen LogP contribution in [-0.4, -0.2) is 30.5 Å². The quantitative estimate of drug-likeness (QED) is 0.627. The maximum Gasteiger partial charge on any atom is 0.254 e. The van der Waals surface area contributed by atoms with Crippen LogP contribution in [0.1, 0.15) is 0 Å². The van der Waals surface area contributed by atoms with Crippen molar-refractivity contribution < 1.29 is 14.6 Å². The van der Waals surface area contributed by atoms with Crippen LogP contribution in [0.4, 0.5) is 0 Å². The third kappa shape index (κ3) is 3.94. The van der Waals surface area contributed by atoms with Crippen molar-refractivity contribution in [3.63, 3.8) is 0 Å². The summed E-state index contributed by atoms with van der Waals surface area (Å²) in [4.78, 5) is 12.3. The Labute approximate surface area is 140 Å². The van der Waals surface area contributed by atoms with Gasteiger partial charge in [-0.2, -0.15) is 0 Å². The first-order valence-corrected chi connectivity index (χ1v) is 7.47. The molecule has 0 fully saturated rings. The predicted molar refractivity (Wildman–Crippen MR) is 95.1 cm³/mol. The van der Waals surface area contributed by atoms with Crippen LogP contribution in [0.15, 0.2) is 71.3 Å². The molecule has 0 bridgehead atoms. The number of nitrogens with zero attached hydrogens (tertiary/aromatic N) is 1. The Kier molecular flexibility index (Phi) is 5.98. The zero-order chi connectivity index (χ0) is 17.5. The molecule has 0 aliphatic carbocycles. The Morgan fingerprint density at radius 1 is 1.33 bits per heavy atom. The Balaban J connectivity index is 2.47. The lowest BCUT2D eigenvalue weighted by atomic mass is 10.1. The smallest absolute Gasteiger partial charge is 0.254 e. The van der Waals surface area contributed by atoms with Crippen molar-refractivity contribution in [3.8, 4) is 5.88 Å². The van der Waals surface area contributed by atoms with Gasteiger partial charge in [0.25, 0.3) is 5.56 Å². The fourth-order valence-electron chi connectivity index (χ4n) is 2.43. The third-order valence-electron chi connectivity index (χ3n) is 3.57. The lowest BCUT2D eigenvalue weighted by Crippen LogP contribution is -2.20. The first kappa shape index (κ1) is 17.6. The molecule has 0 saturated heterocycles. The van der Waals surface area contributed by atoms with Crippen molar-refractivity contribution in [1.82, 2.24) is 4.57 Å². The topological polar surface area (TPSA) is 60.7 Å². The molecule has 126 valence electrons. The van der Waals surface area contributed by atoms with Gasteiger partial charge in [0, 0.05) is 18.6 Å². The zero-order valence-electron chi connectivity index (χ0n) is 13.9.